The SMILES string of the molecule is COC(=O)N[C@H](C(=O)N1CCC[C@H]1c1nc2ccc(CN(Cc3ccc(NC(=O)[C@H]4CCCN4)cc3)c3ccc(F)cc3)cc2[nH]1)C(C)(C)O. The molecule has 3 atom stereocenters. The van der Waals surface area contributed by atoms with Crippen molar-refractivity contribution in [2.75, 3.05) is 30.4 Å². The summed E-state index contributed by atoms with van der Waals surface area (Å²) >= 11 is 0. The fourth-order valence-electron chi connectivity index (χ4n) is 6.69. The number of fused-ring (bicyclic) bond motifs is 1. The zero-order valence-electron chi connectivity index (χ0n) is 28.5. The highest BCUT2D eigenvalue weighted by Gasteiger charge is 2.42. The van der Waals surface area contributed by atoms with Gasteiger partial charge in [-0.05, 0) is 106 Å². The molecule has 3 aromatic carbocycles. The van der Waals surface area contributed by atoms with Crippen molar-refractivity contribution in [3.05, 3.63) is 89.5 Å². The van der Waals surface area contributed by atoms with Crippen LogP contribution in [0.3, 0.4) is 0 Å². The Morgan fingerprint density at radius 3 is 2.44 bits per heavy atom. The van der Waals surface area contributed by atoms with Gasteiger partial charge in [0.15, 0.2) is 0 Å². The predicted octanol–water partition coefficient (Wildman–Crippen LogP) is 4.76. The molecule has 2 aliphatic heterocycles. The van der Waals surface area contributed by atoms with Crippen molar-refractivity contribution in [2.45, 2.75) is 76.3 Å². The number of rotatable bonds is 11. The molecule has 0 unspecified atom stereocenters. The Morgan fingerprint density at radius 1 is 1.04 bits per heavy atom. The summed E-state index contributed by atoms with van der Waals surface area (Å²) in [5.74, 6) is -0.127. The van der Waals surface area contributed by atoms with Gasteiger partial charge in [-0.25, -0.2) is 14.2 Å². The van der Waals surface area contributed by atoms with Crippen LogP contribution in [0.1, 0.15) is 62.5 Å². The molecule has 3 amide bonds. The number of ether oxygens (including phenoxy) is 1. The van der Waals surface area contributed by atoms with Gasteiger partial charge >= 0.3 is 6.09 Å². The highest BCUT2D eigenvalue weighted by Crippen LogP contribution is 2.33. The Kier molecular flexibility index (Phi) is 10.3. The molecule has 12 nitrogen and oxygen atoms in total. The second kappa shape index (κ2) is 14.9. The third kappa shape index (κ3) is 8.06. The summed E-state index contributed by atoms with van der Waals surface area (Å²) in [5.41, 5.74) is 3.63. The number of likely N-dealkylation sites (tertiary alicyclic amines) is 1. The number of nitrogens with one attached hydrogen (secondary N) is 4. The van der Waals surface area contributed by atoms with Crippen molar-refractivity contribution < 1.29 is 28.6 Å². The van der Waals surface area contributed by atoms with Crippen molar-refractivity contribution in [1.82, 2.24) is 25.5 Å². The monoisotopic (exact) mass is 685 g/mol. The third-order valence-corrected chi connectivity index (χ3v) is 9.35. The van der Waals surface area contributed by atoms with Gasteiger partial charge in [0.2, 0.25) is 11.8 Å². The number of anilines is 2. The molecule has 4 aromatic rings. The van der Waals surface area contributed by atoms with Crippen molar-refractivity contribution in [3.8, 4) is 0 Å². The second-order valence-corrected chi connectivity index (χ2v) is 13.6. The quantitative estimate of drug-likeness (QED) is 0.152. The number of aromatic amines is 1. The Hall–Kier alpha value is -5.01. The normalized spacial score (nSPS) is 18.2. The molecule has 6 rings (SSSR count). The number of halogens is 1. The van der Waals surface area contributed by atoms with E-state index >= 15 is 0 Å². The van der Waals surface area contributed by atoms with Crippen LogP contribution < -0.4 is 20.9 Å². The number of hydrogen-bond donors (Lipinski definition) is 5. The smallest absolute Gasteiger partial charge is 0.407 e. The van der Waals surface area contributed by atoms with Crippen LogP contribution in [0.5, 0.6) is 0 Å². The summed E-state index contributed by atoms with van der Waals surface area (Å²) in [6.07, 6.45) is 2.44. The van der Waals surface area contributed by atoms with E-state index in [-0.39, 0.29) is 23.8 Å². The summed E-state index contributed by atoms with van der Waals surface area (Å²) in [6.45, 7) is 5.31. The van der Waals surface area contributed by atoms with E-state index in [1.54, 1.807) is 17.0 Å². The first-order valence-corrected chi connectivity index (χ1v) is 17.0. The predicted molar refractivity (Wildman–Crippen MR) is 188 cm³/mol. The fourth-order valence-corrected chi connectivity index (χ4v) is 6.69. The number of hydrogen-bond acceptors (Lipinski definition) is 8. The number of imidazole rings is 1. The summed E-state index contributed by atoms with van der Waals surface area (Å²) in [4.78, 5) is 50.2. The van der Waals surface area contributed by atoms with Crippen LogP contribution in [0, 0.1) is 5.82 Å². The number of carbonyl (C=O) groups is 3. The maximum atomic E-state index is 13.9. The molecule has 2 fully saturated rings. The Bertz CT molecular complexity index is 1820. The number of aliphatic hydroxyl groups is 1. The average molecular weight is 686 g/mol. The lowest BCUT2D eigenvalue weighted by Gasteiger charge is -2.34. The summed E-state index contributed by atoms with van der Waals surface area (Å²) < 4.78 is 18.6. The van der Waals surface area contributed by atoms with Crippen molar-refractivity contribution >= 4 is 40.3 Å². The van der Waals surface area contributed by atoms with Crippen LogP contribution in [-0.2, 0) is 27.4 Å². The van der Waals surface area contributed by atoms with Crippen molar-refractivity contribution in [3.63, 3.8) is 0 Å². The van der Waals surface area contributed by atoms with Crippen molar-refractivity contribution in [1.29, 1.82) is 0 Å². The number of aromatic nitrogens is 2. The van der Waals surface area contributed by atoms with E-state index in [4.69, 9.17) is 9.72 Å². The molecule has 1 aromatic heterocycles. The molecule has 0 radical (unpaired) electrons. The van der Waals surface area contributed by atoms with E-state index in [0.29, 0.717) is 31.9 Å². The molecular weight excluding hydrogens is 641 g/mol. The summed E-state index contributed by atoms with van der Waals surface area (Å²) in [6, 6.07) is 18.4. The minimum atomic E-state index is -1.53. The standard InChI is InChI=1S/C37H44FN7O5/c1-37(2,49)32(43-36(48)50-3)35(47)45-19-5-7-31(45)33-41-28-17-10-24(20-30(28)42-33)22-44(27-15-11-25(38)12-16-27)21-23-8-13-26(14-9-23)40-34(46)29-6-4-18-39-29/h8-17,20,29,31-32,39,49H,4-7,18-19,21-22H2,1-3H3,(H,40,46)(H,41,42)(H,43,48)/t29-,31+,32-/m1/s1. The largest absolute Gasteiger partial charge is 0.453 e. The zero-order chi connectivity index (χ0) is 35.4. The van der Waals surface area contributed by atoms with Crippen LogP contribution in [0.25, 0.3) is 11.0 Å². The third-order valence-electron chi connectivity index (χ3n) is 9.35. The number of H-pyrrole nitrogens is 1. The van der Waals surface area contributed by atoms with E-state index in [1.807, 2.05) is 42.5 Å². The maximum absolute atomic E-state index is 13.9. The molecule has 13 heteroatoms. The average Bonchev–Trinajstić information content (AvgIpc) is 3.88. The van der Waals surface area contributed by atoms with Gasteiger partial charge in [-0.3, -0.25) is 9.59 Å². The van der Waals surface area contributed by atoms with E-state index in [1.165, 1.54) is 33.1 Å². The molecule has 0 spiro atoms. The van der Waals surface area contributed by atoms with Crippen LogP contribution in [0.2, 0.25) is 0 Å². The first-order valence-electron chi connectivity index (χ1n) is 17.0. The van der Waals surface area contributed by atoms with Crippen molar-refractivity contribution in [2.24, 2.45) is 0 Å². The van der Waals surface area contributed by atoms with Gasteiger partial charge in [-0.1, -0.05) is 18.2 Å². The molecule has 2 aliphatic rings. The second-order valence-electron chi connectivity index (χ2n) is 13.6. The number of amides is 3. The minimum absolute atomic E-state index is 0.0262. The molecule has 0 saturated carbocycles. The van der Waals surface area contributed by atoms with E-state index in [2.05, 4.69) is 25.8 Å². The van der Waals surface area contributed by atoms with Gasteiger partial charge < -0.3 is 40.6 Å². The number of benzene rings is 3. The lowest BCUT2D eigenvalue weighted by Crippen LogP contribution is -2.58. The molecule has 0 aliphatic carbocycles. The topological polar surface area (TPSA) is 152 Å². The Balaban J connectivity index is 1.19. The molecule has 0 bridgehead atoms. The number of methoxy groups -OCH3 is 1. The minimum Gasteiger partial charge on any atom is -0.453 e. The summed E-state index contributed by atoms with van der Waals surface area (Å²) in [5, 5.41) is 19.4. The first kappa shape index (κ1) is 34.8. The fraction of sp³-hybridized carbons (Fsp3) is 0.405. The van der Waals surface area contributed by atoms with Gasteiger partial charge in [0, 0.05) is 31.0 Å². The lowest BCUT2D eigenvalue weighted by atomic mass is 9.97. The number of carbonyl (C=O) groups excluding carboxylic acids is 3. The van der Waals surface area contributed by atoms with Crippen LogP contribution in [-0.4, -0.2) is 75.8 Å². The van der Waals surface area contributed by atoms with Gasteiger partial charge in [0.25, 0.3) is 0 Å². The van der Waals surface area contributed by atoms with E-state index < -0.39 is 23.6 Å². The van der Waals surface area contributed by atoms with Gasteiger partial charge in [-0.2, -0.15) is 0 Å². The molecule has 3 heterocycles. The van der Waals surface area contributed by atoms with E-state index in [0.717, 1.165) is 59.3 Å². The van der Waals surface area contributed by atoms with Crippen LogP contribution in [0.15, 0.2) is 66.7 Å². The zero-order valence-corrected chi connectivity index (χ0v) is 28.5. The maximum Gasteiger partial charge on any atom is 0.407 e. The Labute approximate surface area is 290 Å². The molecule has 5 N–H and O–H groups in total. The molecule has 2 saturated heterocycles. The van der Waals surface area contributed by atoms with Gasteiger partial charge in [-0.15, -0.1) is 0 Å². The summed E-state index contributed by atoms with van der Waals surface area (Å²) in [7, 11) is 1.21. The molecule has 50 heavy (non-hydrogen) atoms. The first-order chi connectivity index (χ1) is 24.0. The Morgan fingerprint density at radius 2 is 1.76 bits per heavy atom. The highest BCUT2D eigenvalue weighted by molar-refractivity contribution is 5.95. The molecule has 264 valence electrons. The molecular formula is C37H44FN7O5. The van der Waals surface area contributed by atoms with E-state index in [9.17, 15) is 23.9 Å². The number of alkyl carbamates (subject to hydrolysis) is 1. The highest BCUT2D eigenvalue weighted by atomic mass is 19.1. The lowest BCUT2D eigenvalue weighted by molar-refractivity contribution is -0.140. The van der Waals surface area contributed by atoms with Gasteiger partial charge in [0.05, 0.1) is 35.8 Å². The number of nitrogens with zero attached hydrogens (tertiary/aromatic N) is 3. The van der Waals surface area contributed by atoms with Crippen LogP contribution >= 0.6 is 0 Å². The van der Waals surface area contributed by atoms with Crippen LogP contribution in [0.4, 0.5) is 20.6 Å². The van der Waals surface area contributed by atoms with Gasteiger partial charge in [0.1, 0.15) is 17.7 Å².